The molecule has 0 atom stereocenters. The minimum atomic E-state index is -3.62. The van der Waals surface area contributed by atoms with Crippen LogP contribution in [0.3, 0.4) is 0 Å². The van der Waals surface area contributed by atoms with E-state index in [0.717, 1.165) is 9.69 Å². The molecule has 7 heteroatoms. The summed E-state index contributed by atoms with van der Waals surface area (Å²) in [4.78, 5) is 4.34. The monoisotopic (exact) mass is 295 g/mol. The Bertz CT molecular complexity index is 723. The maximum absolute atomic E-state index is 12.5. The van der Waals surface area contributed by atoms with E-state index < -0.39 is 10.0 Å². The lowest BCUT2D eigenvalue weighted by Gasteiger charge is -2.17. The molecule has 1 heterocycles. The fourth-order valence-corrected chi connectivity index (χ4v) is 3.42. The zero-order valence-electron chi connectivity index (χ0n) is 10.3. The van der Waals surface area contributed by atoms with Crippen LogP contribution in [0, 0.1) is 0 Å². The first-order chi connectivity index (χ1) is 8.93. The minimum absolute atomic E-state index is 0.0130. The lowest BCUT2D eigenvalue weighted by atomic mass is 10.2. The van der Waals surface area contributed by atoms with Crippen LogP contribution in [0.15, 0.2) is 41.6 Å². The van der Waals surface area contributed by atoms with Gasteiger partial charge in [-0.05, 0) is 12.1 Å². The summed E-state index contributed by atoms with van der Waals surface area (Å²) in [6.07, 6.45) is 3.19. The van der Waals surface area contributed by atoms with Crippen molar-refractivity contribution in [3.63, 3.8) is 0 Å². The molecule has 0 spiro atoms. The van der Waals surface area contributed by atoms with E-state index in [1.165, 1.54) is 7.05 Å². The number of likely N-dealkylation sites (N-methyl/N-ethyl adjacent to an activating group) is 1. The van der Waals surface area contributed by atoms with Crippen molar-refractivity contribution in [3.8, 4) is 0 Å². The number of aromatic nitrogens is 1. The smallest absolute Gasteiger partial charge is 0.243 e. The molecule has 0 aliphatic heterocycles. The molecule has 0 aliphatic carbocycles. The molecule has 0 saturated heterocycles. The number of thiocarbonyl (C=S) groups is 1. The predicted molar refractivity (Wildman–Crippen MR) is 78.3 cm³/mol. The van der Waals surface area contributed by atoms with E-state index >= 15 is 0 Å². The molecule has 0 bridgehead atoms. The molecule has 0 fully saturated rings. The van der Waals surface area contributed by atoms with E-state index in [-0.39, 0.29) is 16.4 Å². The summed E-state index contributed by atoms with van der Waals surface area (Å²) in [7, 11) is -2.17. The number of nitrogens with zero attached hydrogens (tertiary/aromatic N) is 2. The molecule has 1 aromatic heterocycles. The summed E-state index contributed by atoms with van der Waals surface area (Å²) in [5.41, 5.74) is 5.40. The molecule has 0 aliphatic rings. The van der Waals surface area contributed by atoms with Crippen LogP contribution in [0.5, 0.6) is 0 Å². The number of rotatable bonds is 4. The standard InChI is InChI=1S/C12H13N3O2S2/c1-15(8-12(13)18)19(16,17)11-4-2-3-9-7-14-6-5-10(9)11/h2-7H,8H2,1H3,(H2,13,18). The summed E-state index contributed by atoms with van der Waals surface area (Å²) in [5, 5.41) is 1.40. The van der Waals surface area contributed by atoms with E-state index in [1.54, 1.807) is 30.6 Å². The molecule has 19 heavy (non-hydrogen) atoms. The van der Waals surface area contributed by atoms with Gasteiger partial charge in [-0.1, -0.05) is 24.4 Å². The second-order valence-electron chi connectivity index (χ2n) is 4.08. The lowest BCUT2D eigenvalue weighted by molar-refractivity contribution is 0.507. The number of hydrogen-bond acceptors (Lipinski definition) is 4. The molecule has 100 valence electrons. The molecule has 2 N–H and O–H groups in total. The van der Waals surface area contributed by atoms with E-state index in [2.05, 4.69) is 4.98 Å². The number of pyridine rings is 1. The van der Waals surface area contributed by atoms with Gasteiger partial charge in [0.2, 0.25) is 10.0 Å². The normalized spacial score (nSPS) is 11.9. The Labute approximate surface area is 117 Å². The predicted octanol–water partition coefficient (Wildman–Crippen LogP) is 1.14. The Balaban J connectivity index is 2.58. The van der Waals surface area contributed by atoms with E-state index in [9.17, 15) is 8.42 Å². The Morgan fingerprint density at radius 2 is 2.16 bits per heavy atom. The number of nitrogens with two attached hydrogens (primary N) is 1. The van der Waals surface area contributed by atoms with Gasteiger partial charge in [0.1, 0.15) is 0 Å². The van der Waals surface area contributed by atoms with Crippen molar-refractivity contribution in [1.29, 1.82) is 0 Å². The Morgan fingerprint density at radius 1 is 1.42 bits per heavy atom. The Morgan fingerprint density at radius 3 is 2.84 bits per heavy atom. The SMILES string of the molecule is CN(CC(N)=S)S(=O)(=O)c1cccc2cnccc12. The second-order valence-corrected chi connectivity index (χ2v) is 6.62. The van der Waals surface area contributed by atoms with Gasteiger partial charge in [0.25, 0.3) is 0 Å². The second kappa shape index (κ2) is 5.20. The fourth-order valence-electron chi connectivity index (χ4n) is 1.79. The minimum Gasteiger partial charge on any atom is -0.392 e. The molecule has 0 unspecified atom stereocenters. The van der Waals surface area contributed by atoms with Crippen LogP contribution in [0.25, 0.3) is 10.8 Å². The molecule has 5 nitrogen and oxygen atoms in total. The van der Waals surface area contributed by atoms with Gasteiger partial charge < -0.3 is 5.73 Å². The van der Waals surface area contributed by atoms with Crippen LogP contribution in [0.2, 0.25) is 0 Å². The zero-order valence-corrected chi connectivity index (χ0v) is 11.9. The van der Waals surface area contributed by atoms with Crippen molar-refractivity contribution < 1.29 is 8.42 Å². The molecular formula is C12H13N3O2S2. The van der Waals surface area contributed by atoms with Crippen molar-refractivity contribution in [3.05, 3.63) is 36.7 Å². The van der Waals surface area contributed by atoms with Crippen molar-refractivity contribution >= 4 is 38.0 Å². The van der Waals surface area contributed by atoms with Gasteiger partial charge in [0, 0.05) is 30.2 Å². The maximum Gasteiger partial charge on any atom is 0.243 e. The van der Waals surface area contributed by atoms with Crippen LogP contribution in [0.1, 0.15) is 0 Å². The zero-order chi connectivity index (χ0) is 14.0. The first kappa shape index (κ1) is 13.9. The number of benzene rings is 1. The van der Waals surface area contributed by atoms with Gasteiger partial charge >= 0.3 is 0 Å². The van der Waals surface area contributed by atoms with E-state index in [4.69, 9.17) is 18.0 Å². The molecule has 0 radical (unpaired) electrons. The highest BCUT2D eigenvalue weighted by atomic mass is 32.2. The number of hydrogen-bond donors (Lipinski definition) is 1. The topological polar surface area (TPSA) is 76.3 Å². The van der Waals surface area contributed by atoms with E-state index in [1.807, 2.05) is 6.07 Å². The summed E-state index contributed by atoms with van der Waals surface area (Å²) in [6, 6.07) is 6.74. The summed E-state index contributed by atoms with van der Waals surface area (Å²) >= 11 is 4.75. The van der Waals surface area contributed by atoms with Crippen molar-refractivity contribution in [2.24, 2.45) is 5.73 Å². The average Bonchev–Trinajstić information content (AvgIpc) is 2.37. The van der Waals surface area contributed by atoms with Crippen LogP contribution in [-0.4, -0.2) is 36.3 Å². The van der Waals surface area contributed by atoms with Gasteiger partial charge in [-0.25, -0.2) is 8.42 Å². The van der Waals surface area contributed by atoms with Gasteiger partial charge in [-0.2, -0.15) is 4.31 Å². The quantitative estimate of drug-likeness (QED) is 0.856. The average molecular weight is 295 g/mol. The highest BCUT2D eigenvalue weighted by molar-refractivity contribution is 7.89. The third kappa shape index (κ3) is 2.73. The third-order valence-electron chi connectivity index (χ3n) is 2.71. The Hall–Kier alpha value is -1.57. The van der Waals surface area contributed by atoms with Gasteiger partial charge in [0.05, 0.1) is 16.4 Å². The van der Waals surface area contributed by atoms with Gasteiger partial charge in [-0.15, -0.1) is 0 Å². The fraction of sp³-hybridized carbons (Fsp3) is 0.167. The number of sulfonamides is 1. The highest BCUT2D eigenvalue weighted by Crippen LogP contribution is 2.24. The largest absolute Gasteiger partial charge is 0.392 e. The summed E-state index contributed by atoms with van der Waals surface area (Å²) in [5.74, 6) is 0. The van der Waals surface area contributed by atoms with Crippen LogP contribution in [-0.2, 0) is 10.0 Å². The molecule has 2 aromatic rings. The first-order valence-corrected chi connectivity index (χ1v) is 7.35. The third-order valence-corrected chi connectivity index (χ3v) is 4.70. The first-order valence-electron chi connectivity index (χ1n) is 5.50. The van der Waals surface area contributed by atoms with Crippen LogP contribution < -0.4 is 5.73 Å². The van der Waals surface area contributed by atoms with Gasteiger partial charge in [0.15, 0.2) is 0 Å². The molecule has 0 amide bonds. The van der Waals surface area contributed by atoms with Crippen LogP contribution >= 0.6 is 12.2 Å². The molecule has 1 aromatic carbocycles. The molecule has 0 saturated carbocycles. The maximum atomic E-state index is 12.5. The molecule has 2 rings (SSSR count). The van der Waals surface area contributed by atoms with Crippen molar-refractivity contribution in [1.82, 2.24) is 9.29 Å². The Kier molecular flexibility index (Phi) is 3.79. The molecular weight excluding hydrogens is 282 g/mol. The van der Waals surface area contributed by atoms with Crippen LogP contribution in [0.4, 0.5) is 0 Å². The van der Waals surface area contributed by atoms with Gasteiger partial charge in [-0.3, -0.25) is 4.98 Å². The lowest BCUT2D eigenvalue weighted by Crippen LogP contribution is -2.34. The summed E-state index contributed by atoms with van der Waals surface area (Å²) < 4.78 is 26.1. The number of fused-ring (bicyclic) bond motifs is 1. The van der Waals surface area contributed by atoms with Crippen molar-refractivity contribution in [2.75, 3.05) is 13.6 Å². The van der Waals surface area contributed by atoms with E-state index in [0.29, 0.717) is 5.39 Å². The summed E-state index contributed by atoms with van der Waals surface area (Å²) in [6.45, 7) is 0.0130. The van der Waals surface area contributed by atoms with Crippen molar-refractivity contribution in [2.45, 2.75) is 4.90 Å². The highest BCUT2D eigenvalue weighted by Gasteiger charge is 2.23.